The fourth-order valence-electron chi connectivity index (χ4n) is 3.40. The van der Waals surface area contributed by atoms with E-state index in [9.17, 15) is 13.2 Å². The van der Waals surface area contributed by atoms with Gasteiger partial charge in [0.2, 0.25) is 15.9 Å². The number of methoxy groups -OCH3 is 1. The van der Waals surface area contributed by atoms with Gasteiger partial charge in [0.15, 0.2) is 0 Å². The first-order valence-electron chi connectivity index (χ1n) is 9.25. The summed E-state index contributed by atoms with van der Waals surface area (Å²) in [6, 6.07) is 4.49. The predicted octanol–water partition coefficient (Wildman–Crippen LogP) is 3.63. The van der Waals surface area contributed by atoms with Gasteiger partial charge in [-0.25, -0.2) is 12.7 Å². The summed E-state index contributed by atoms with van der Waals surface area (Å²) in [5, 5.41) is 2.80. The minimum absolute atomic E-state index is 0.112. The van der Waals surface area contributed by atoms with Crippen LogP contribution < -0.4 is 10.1 Å². The molecule has 1 aliphatic carbocycles. The lowest BCUT2D eigenvalue weighted by atomic mass is 9.86. The molecule has 1 amide bonds. The molecule has 1 aliphatic rings. The number of amides is 1. The second kappa shape index (κ2) is 9.37. The Bertz CT molecular complexity index is 710. The lowest BCUT2D eigenvalue weighted by Crippen LogP contribution is -2.22. The summed E-state index contributed by atoms with van der Waals surface area (Å²) in [4.78, 5) is 12.4. The largest absolute Gasteiger partial charge is 0.495 e. The van der Waals surface area contributed by atoms with Crippen LogP contribution in [0.15, 0.2) is 23.1 Å². The van der Waals surface area contributed by atoms with E-state index in [1.165, 1.54) is 65.4 Å². The second-order valence-electron chi connectivity index (χ2n) is 7.09. The third-order valence-corrected chi connectivity index (χ3v) is 6.78. The zero-order chi connectivity index (χ0) is 19.2. The molecule has 0 radical (unpaired) electrons. The number of carbonyl (C=O) groups excluding carboxylic acids is 1. The third-order valence-electron chi connectivity index (χ3n) is 4.96. The van der Waals surface area contributed by atoms with Crippen molar-refractivity contribution in [2.75, 3.05) is 26.5 Å². The Balaban J connectivity index is 1.99. The van der Waals surface area contributed by atoms with Crippen molar-refractivity contribution in [1.82, 2.24) is 4.31 Å². The topological polar surface area (TPSA) is 75.7 Å². The van der Waals surface area contributed by atoms with Crippen LogP contribution in [0.1, 0.15) is 51.4 Å². The molecule has 2 rings (SSSR count). The van der Waals surface area contributed by atoms with Crippen LogP contribution in [0.4, 0.5) is 5.69 Å². The molecule has 0 bridgehead atoms. The highest BCUT2D eigenvalue weighted by Crippen LogP contribution is 2.30. The molecule has 0 spiro atoms. The van der Waals surface area contributed by atoms with Crippen molar-refractivity contribution < 1.29 is 17.9 Å². The molecule has 1 aromatic carbocycles. The van der Waals surface area contributed by atoms with Crippen LogP contribution in [0.2, 0.25) is 0 Å². The molecule has 1 N–H and O–H groups in total. The number of nitrogens with zero attached hydrogens (tertiary/aromatic N) is 1. The number of hydrogen-bond donors (Lipinski definition) is 1. The average molecular weight is 383 g/mol. The minimum atomic E-state index is -3.57. The number of rotatable bonds is 8. The summed E-state index contributed by atoms with van der Waals surface area (Å²) in [5.41, 5.74) is 0.387. The summed E-state index contributed by atoms with van der Waals surface area (Å²) in [7, 11) is 0.880. The van der Waals surface area contributed by atoms with Gasteiger partial charge in [-0.05, 0) is 37.0 Å². The zero-order valence-electron chi connectivity index (χ0n) is 16.0. The van der Waals surface area contributed by atoms with E-state index in [1.807, 2.05) is 0 Å². The molecule has 7 heteroatoms. The van der Waals surface area contributed by atoms with E-state index >= 15 is 0 Å². The Morgan fingerprint density at radius 1 is 1.23 bits per heavy atom. The van der Waals surface area contributed by atoms with Crippen LogP contribution in [-0.4, -0.2) is 39.8 Å². The van der Waals surface area contributed by atoms with Gasteiger partial charge in [0, 0.05) is 20.5 Å². The number of carbonyl (C=O) groups is 1. The van der Waals surface area contributed by atoms with Gasteiger partial charge in [-0.1, -0.05) is 32.1 Å². The first-order chi connectivity index (χ1) is 12.3. The molecule has 0 saturated heterocycles. The van der Waals surface area contributed by atoms with Crippen molar-refractivity contribution in [3.63, 3.8) is 0 Å². The first kappa shape index (κ1) is 20.7. The Morgan fingerprint density at radius 2 is 1.92 bits per heavy atom. The molecule has 6 nitrogen and oxygen atoms in total. The first-order valence-corrected chi connectivity index (χ1v) is 10.7. The summed E-state index contributed by atoms with van der Waals surface area (Å²) >= 11 is 0. The Morgan fingerprint density at radius 3 is 2.54 bits per heavy atom. The standard InChI is InChI=1S/C19H30N2O4S/c1-21(2)26(23,24)16-12-13-18(25-3)17(14-16)20-19(22)11-7-10-15-8-5-4-6-9-15/h12-15H,4-11H2,1-3H3,(H,20,22). The number of anilines is 1. The smallest absolute Gasteiger partial charge is 0.242 e. The summed E-state index contributed by atoms with van der Waals surface area (Å²) < 4.78 is 31.0. The number of nitrogens with one attached hydrogen (secondary N) is 1. The van der Waals surface area contributed by atoms with Crippen LogP contribution in [-0.2, 0) is 14.8 Å². The maximum atomic E-state index is 12.3. The van der Waals surface area contributed by atoms with Gasteiger partial charge in [0.05, 0.1) is 17.7 Å². The summed E-state index contributed by atoms with van der Waals surface area (Å²) in [6.07, 6.45) is 8.88. The van der Waals surface area contributed by atoms with Gasteiger partial charge in [0.1, 0.15) is 5.75 Å². The molecule has 1 fully saturated rings. The van der Waals surface area contributed by atoms with Crippen LogP contribution in [0.5, 0.6) is 5.75 Å². The molecule has 1 aromatic rings. The molecule has 0 aromatic heterocycles. The van der Waals surface area contributed by atoms with Crippen molar-refractivity contribution in [3.8, 4) is 5.75 Å². The molecule has 0 atom stereocenters. The van der Waals surface area contributed by atoms with Crippen molar-refractivity contribution >= 4 is 21.6 Å². The Hall–Kier alpha value is -1.60. The van der Waals surface area contributed by atoms with E-state index in [1.54, 1.807) is 6.07 Å². The Labute approximate surface area is 157 Å². The quantitative estimate of drug-likeness (QED) is 0.745. The highest BCUT2D eigenvalue weighted by Gasteiger charge is 2.20. The molecular weight excluding hydrogens is 352 g/mol. The lowest BCUT2D eigenvalue weighted by molar-refractivity contribution is -0.116. The van der Waals surface area contributed by atoms with E-state index in [0.29, 0.717) is 17.9 Å². The summed E-state index contributed by atoms with van der Waals surface area (Å²) in [6.45, 7) is 0. The second-order valence-corrected chi connectivity index (χ2v) is 9.25. The zero-order valence-corrected chi connectivity index (χ0v) is 16.8. The molecule has 0 unspecified atom stereocenters. The average Bonchev–Trinajstić information content (AvgIpc) is 2.62. The van der Waals surface area contributed by atoms with Crippen molar-refractivity contribution in [3.05, 3.63) is 18.2 Å². The third kappa shape index (κ3) is 5.45. The van der Waals surface area contributed by atoms with Gasteiger partial charge in [-0.15, -0.1) is 0 Å². The fraction of sp³-hybridized carbons (Fsp3) is 0.632. The molecule has 1 saturated carbocycles. The van der Waals surface area contributed by atoms with Gasteiger partial charge in [-0.3, -0.25) is 4.79 Å². The maximum Gasteiger partial charge on any atom is 0.242 e. The molecule has 0 aliphatic heterocycles. The number of hydrogen-bond acceptors (Lipinski definition) is 4. The van der Waals surface area contributed by atoms with E-state index < -0.39 is 10.0 Å². The molecule has 0 heterocycles. The number of benzene rings is 1. The number of ether oxygens (including phenoxy) is 1. The monoisotopic (exact) mass is 382 g/mol. The molecule has 146 valence electrons. The fourth-order valence-corrected chi connectivity index (χ4v) is 4.32. The highest BCUT2D eigenvalue weighted by atomic mass is 32.2. The van der Waals surface area contributed by atoms with Crippen LogP contribution >= 0.6 is 0 Å². The van der Waals surface area contributed by atoms with E-state index in [2.05, 4.69) is 5.32 Å². The number of sulfonamides is 1. The normalized spacial score (nSPS) is 15.8. The highest BCUT2D eigenvalue weighted by molar-refractivity contribution is 7.89. The summed E-state index contributed by atoms with van der Waals surface area (Å²) in [5.74, 6) is 1.08. The van der Waals surface area contributed by atoms with Crippen molar-refractivity contribution in [2.24, 2.45) is 5.92 Å². The van der Waals surface area contributed by atoms with E-state index in [4.69, 9.17) is 4.74 Å². The van der Waals surface area contributed by atoms with E-state index in [-0.39, 0.29) is 10.8 Å². The van der Waals surface area contributed by atoms with Crippen molar-refractivity contribution in [2.45, 2.75) is 56.3 Å². The maximum absolute atomic E-state index is 12.3. The SMILES string of the molecule is COc1ccc(S(=O)(=O)N(C)C)cc1NC(=O)CCCC1CCCCC1. The predicted molar refractivity (Wildman–Crippen MR) is 103 cm³/mol. The van der Waals surface area contributed by atoms with Gasteiger partial charge in [-0.2, -0.15) is 0 Å². The van der Waals surface area contributed by atoms with Crippen LogP contribution in [0, 0.1) is 5.92 Å². The lowest BCUT2D eigenvalue weighted by Gasteiger charge is -2.21. The minimum Gasteiger partial charge on any atom is -0.495 e. The molecule has 26 heavy (non-hydrogen) atoms. The molecular formula is C19H30N2O4S. The van der Waals surface area contributed by atoms with Gasteiger partial charge in [0.25, 0.3) is 0 Å². The Kier molecular flexibility index (Phi) is 7.46. The van der Waals surface area contributed by atoms with Gasteiger partial charge < -0.3 is 10.1 Å². The van der Waals surface area contributed by atoms with Crippen molar-refractivity contribution in [1.29, 1.82) is 0 Å². The van der Waals surface area contributed by atoms with E-state index in [0.717, 1.165) is 23.1 Å². The van der Waals surface area contributed by atoms with Crippen LogP contribution in [0.25, 0.3) is 0 Å². The van der Waals surface area contributed by atoms with Crippen LogP contribution in [0.3, 0.4) is 0 Å². The van der Waals surface area contributed by atoms with Gasteiger partial charge >= 0.3 is 0 Å².